The van der Waals surface area contributed by atoms with Crippen LogP contribution in [0.2, 0.25) is 0 Å². The van der Waals surface area contributed by atoms with Gasteiger partial charge in [0, 0.05) is 11.9 Å². The van der Waals surface area contributed by atoms with Gasteiger partial charge in [0.15, 0.2) is 0 Å². The van der Waals surface area contributed by atoms with E-state index in [0.717, 1.165) is 18.6 Å². The molecule has 2 aromatic rings. The first-order valence-electron chi connectivity index (χ1n) is 8.04. The highest BCUT2D eigenvalue weighted by Crippen LogP contribution is 2.16. The first-order valence-corrected chi connectivity index (χ1v) is 8.04. The van der Waals surface area contributed by atoms with Crippen LogP contribution >= 0.6 is 0 Å². The Morgan fingerprint density at radius 1 is 1.20 bits per heavy atom. The Morgan fingerprint density at radius 2 is 1.96 bits per heavy atom. The van der Waals surface area contributed by atoms with Crippen molar-refractivity contribution < 1.29 is 19.4 Å². The SMILES string of the molecule is CCCCOc1ccc(NC(=O)NCc2cc(C(=O)O)ccn2)cc1. The van der Waals surface area contributed by atoms with E-state index in [2.05, 4.69) is 22.5 Å². The minimum atomic E-state index is -1.03. The zero-order chi connectivity index (χ0) is 18.1. The first kappa shape index (κ1) is 18.3. The van der Waals surface area contributed by atoms with Gasteiger partial charge in [-0.15, -0.1) is 0 Å². The Kier molecular flexibility index (Phi) is 6.76. The lowest BCUT2D eigenvalue weighted by molar-refractivity contribution is 0.0696. The van der Waals surface area contributed by atoms with Gasteiger partial charge in [0.25, 0.3) is 0 Å². The lowest BCUT2D eigenvalue weighted by Crippen LogP contribution is -2.28. The Balaban J connectivity index is 1.82. The Labute approximate surface area is 146 Å². The molecule has 3 N–H and O–H groups in total. The predicted molar refractivity (Wildman–Crippen MR) is 93.9 cm³/mol. The molecule has 132 valence electrons. The normalized spacial score (nSPS) is 10.1. The van der Waals surface area contributed by atoms with E-state index < -0.39 is 12.0 Å². The van der Waals surface area contributed by atoms with Crippen LogP contribution in [0.4, 0.5) is 10.5 Å². The first-order chi connectivity index (χ1) is 12.1. The molecule has 0 saturated carbocycles. The fourth-order valence-electron chi connectivity index (χ4n) is 2.02. The summed E-state index contributed by atoms with van der Waals surface area (Å²) in [7, 11) is 0. The number of carbonyl (C=O) groups excluding carboxylic acids is 1. The topological polar surface area (TPSA) is 101 Å². The summed E-state index contributed by atoms with van der Waals surface area (Å²) in [4.78, 5) is 26.8. The van der Waals surface area contributed by atoms with Crippen LogP contribution in [0.15, 0.2) is 42.6 Å². The van der Waals surface area contributed by atoms with Crippen LogP contribution in [0.3, 0.4) is 0 Å². The van der Waals surface area contributed by atoms with Gasteiger partial charge < -0.3 is 20.5 Å². The molecule has 0 aliphatic carbocycles. The number of carbonyl (C=O) groups is 2. The van der Waals surface area contributed by atoms with Crippen LogP contribution in [0, 0.1) is 0 Å². The number of amides is 2. The molecule has 0 spiro atoms. The third kappa shape index (κ3) is 6.14. The number of pyridine rings is 1. The van der Waals surface area contributed by atoms with E-state index in [1.807, 2.05) is 0 Å². The van der Waals surface area contributed by atoms with Gasteiger partial charge in [-0.2, -0.15) is 0 Å². The molecule has 0 bridgehead atoms. The number of aromatic nitrogens is 1. The summed E-state index contributed by atoms with van der Waals surface area (Å²) in [6, 6.07) is 9.52. The maximum Gasteiger partial charge on any atom is 0.335 e. The average molecular weight is 343 g/mol. The fourth-order valence-corrected chi connectivity index (χ4v) is 2.02. The number of ether oxygens (including phenoxy) is 1. The van der Waals surface area contributed by atoms with E-state index in [1.54, 1.807) is 24.3 Å². The molecule has 1 aromatic carbocycles. The number of rotatable bonds is 8. The summed E-state index contributed by atoms with van der Waals surface area (Å²) >= 11 is 0. The van der Waals surface area contributed by atoms with Crippen LogP contribution < -0.4 is 15.4 Å². The summed E-state index contributed by atoms with van der Waals surface area (Å²) in [5.74, 6) is -0.275. The molecule has 0 atom stereocenters. The minimum absolute atomic E-state index is 0.130. The van der Waals surface area contributed by atoms with Gasteiger partial charge in [0.1, 0.15) is 5.75 Å². The van der Waals surface area contributed by atoms with Crippen LogP contribution in [0.5, 0.6) is 5.75 Å². The van der Waals surface area contributed by atoms with Gasteiger partial charge in [-0.1, -0.05) is 13.3 Å². The molecule has 0 aliphatic rings. The second-order valence-electron chi connectivity index (χ2n) is 5.38. The van der Waals surface area contributed by atoms with Gasteiger partial charge in [-0.25, -0.2) is 9.59 Å². The zero-order valence-corrected chi connectivity index (χ0v) is 14.0. The average Bonchev–Trinajstić information content (AvgIpc) is 2.62. The number of hydrogen-bond acceptors (Lipinski definition) is 4. The predicted octanol–water partition coefficient (Wildman–Crippen LogP) is 3.28. The summed E-state index contributed by atoms with van der Waals surface area (Å²) in [5, 5.41) is 14.3. The summed E-state index contributed by atoms with van der Waals surface area (Å²) in [6.07, 6.45) is 3.47. The quantitative estimate of drug-likeness (QED) is 0.639. The van der Waals surface area contributed by atoms with Crippen molar-refractivity contribution in [3.05, 3.63) is 53.9 Å². The van der Waals surface area contributed by atoms with E-state index in [4.69, 9.17) is 9.84 Å². The number of nitrogens with zero attached hydrogens (tertiary/aromatic N) is 1. The van der Waals surface area contributed by atoms with Gasteiger partial charge >= 0.3 is 12.0 Å². The molecule has 2 amide bonds. The van der Waals surface area contributed by atoms with E-state index in [-0.39, 0.29) is 12.1 Å². The maximum atomic E-state index is 11.9. The van der Waals surface area contributed by atoms with Crippen LogP contribution in [-0.2, 0) is 6.54 Å². The molecule has 7 nitrogen and oxygen atoms in total. The monoisotopic (exact) mass is 343 g/mol. The molecule has 7 heteroatoms. The smallest absolute Gasteiger partial charge is 0.335 e. The standard InChI is InChI=1S/C18H21N3O4/c1-2-3-10-25-16-6-4-14(5-7-16)21-18(24)20-12-15-11-13(17(22)23)8-9-19-15/h4-9,11H,2-3,10,12H2,1H3,(H,22,23)(H2,20,21,24). The summed E-state index contributed by atoms with van der Waals surface area (Å²) in [6.45, 7) is 2.90. The molecule has 25 heavy (non-hydrogen) atoms. The van der Waals surface area contributed by atoms with Gasteiger partial charge in [0.2, 0.25) is 0 Å². The molecule has 1 heterocycles. The van der Waals surface area contributed by atoms with Gasteiger partial charge in [0.05, 0.1) is 24.4 Å². The number of unbranched alkanes of at least 4 members (excludes halogenated alkanes) is 1. The van der Waals surface area contributed by atoms with Crippen LogP contribution in [-0.4, -0.2) is 28.7 Å². The molecular weight excluding hydrogens is 322 g/mol. The number of carboxylic acid groups (broad SMARTS) is 1. The number of hydrogen-bond donors (Lipinski definition) is 3. The molecule has 0 unspecified atom stereocenters. The van der Waals surface area contributed by atoms with Crippen LogP contribution in [0.1, 0.15) is 35.8 Å². The highest BCUT2D eigenvalue weighted by atomic mass is 16.5. The zero-order valence-electron chi connectivity index (χ0n) is 14.0. The van der Waals surface area contributed by atoms with Crippen molar-refractivity contribution >= 4 is 17.7 Å². The molecular formula is C18H21N3O4. The Hall–Kier alpha value is -3.09. The summed E-state index contributed by atoms with van der Waals surface area (Å²) in [5.41, 5.74) is 1.23. The lowest BCUT2D eigenvalue weighted by Gasteiger charge is -2.09. The molecule has 0 saturated heterocycles. The van der Waals surface area contributed by atoms with Crippen molar-refractivity contribution in [2.45, 2.75) is 26.3 Å². The largest absolute Gasteiger partial charge is 0.494 e. The number of anilines is 1. The molecule has 0 radical (unpaired) electrons. The van der Waals surface area contributed by atoms with E-state index in [1.165, 1.54) is 18.3 Å². The number of urea groups is 1. The van der Waals surface area contributed by atoms with E-state index >= 15 is 0 Å². The molecule has 2 rings (SSSR count). The van der Waals surface area contributed by atoms with Crippen LogP contribution in [0.25, 0.3) is 0 Å². The van der Waals surface area contributed by atoms with Gasteiger partial charge in [-0.3, -0.25) is 4.98 Å². The van der Waals surface area contributed by atoms with Gasteiger partial charge in [-0.05, 0) is 42.8 Å². The second-order valence-corrected chi connectivity index (χ2v) is 5.38. The molecule has 0 fully saturated rings. The fraction of sp³-hybridized carbons (Fsp3) is 0.278. The van der Waals surface area contributed by atoms with Crippen molar-refractivity contribution in [3.63, 3.8) is 0 Å². The number of carboxylic acids is 1. The van der Waals surface area contributed by atoms with E-state index in [0.29, 0.717) is 18.0 Å². The number of aromatic carboxylic acids is 1. The summed E-state index contributed by atoms with van der Waals surface area (Å²) < 4.78 is 5.56. The van der Waals surface area contributed by atoms with Crippen molar-refractivity contribution in [2.24, 2.45) is 0 Å². The molecule has 1 aromatic heterocycles. The Bertz CT molecular complexity index is 717. The molecule has 0 aliphatic heterocycles. The third-order valence-corrected chi connectivity index (χ3v) is 3.37. The van der Waals surface area contributed by atoms with Crippen molar-refractivity contribution in [2.75, 3.05) is 11.9 Å². The second kappa shape index (κ2) is 9.27. The minimum Gasteiger partial charge on any atom is -0.494 e. The van der Waals surface area contributed by atoms with E-state index in [9.17, 15) is 9.59 Å². The highest BCUT2D eigenvalue weighted by Gasteiger charge is 2.06. The number of nitrogens with one attached hydrogen (secondary N) is 2. The van der Waals surface area contributed by atoms with Crippen molar-refractivity contribution in [1.82, 2.24) is 10.3 Å². The van der Waals surface area contributed by atoms with Crippen molar-refractivity contribution in [1.29, 1.82) is 0 Å². The number of benzene rings is 1. The lowest BCUT2D eigenvalue weighted by atomic mass is 10.2. The Morgan fingerprint density at radius 3 is 2.64 bits per heavy atom. The van der Waals surface area contributed by atoms with Crippen molar-refractivity contribution in [3.8, 4) is 5.75 Å². The highest BCUT2D eigenvalue weighted by molar-refractivity contribution is 5.89. The third-order valence-electron chi connectivity index (χ3n) is 3.37. The maximum absolute atomic E-state index is 11.9.